The first-order chi connectivity index (χ1) is 11.1. The van der Waals surface area contributed by atoms with Crippen LogP contribution >= 0.6 is 0 Å². The second-order valence-corrected chi connectivity index (χ2v) is 5.85. The minimum absolute atomic E-state index is 0.126. The van der Waals surface area contributed by atoms with Crippen LogP contribution in [-0.4, -0.2) is 29.4 Å². The SMILES string of the molecule is Cc1cccc(C(=O)[C@@H]2CN([C@H](C)c3ccccc3)C(=O)O2)c1. The highest BCUT2D eigenvalue weighted by atomic mass is 16.6. The van der Waals surface area contributed by atoms with E-state index in [0.717, 1.165) is 11.1 Å². The molecule has 4 nitrogen and oxygen atoms in total. The third kappa shape index (κ3) is 3.11. The van der Waals surface area contributed by atoms with Crippen LogP contribution in [0.15, 0.2) is 54.6 Å². The minimum atomic E-state index is -0.740. The first-order valence-electron chi connectivity index (χ1n) is 7.69. The second-order valence-electron chi connectivity index (χ2n) is 5.85. The summed E-state index contributed by atoms with van der Waals surface area (Å²) in [7, 11) is 0. The average molecular weight is 309 g/mol. The summed E-state index contributed by atoms with van der Waals surface area (Å²) < 4.78 is 5.31. The Hall–Kier alpha value is -2.62. The lowest BCUT2D eigenvalue weighted by Gasteiger charge is -2.22. The van der Waals surface area contributed by atoms with E-state index in [1.54, 1.807) is 11.0 Å². The van der Waals surface area contributed by atoms with E-state index in [4.69, 9.17) is 4.74 Å². The molecule has 2 aromatic carbocycles. The molecule has 2 atom stereocenters. The van der Waals surface area contributed by atoms with Crippen molar-refractivity contribution in [3.63, 3.8) is 0 Å². The number of ketones is 1. The van der Waals surface area contributed by atoms with Crippen molar-refractivity contribution in [2.45, 2.75) is 26.0 Å². The Morgan fingerprint density at radius 3 is 2.61 bits per heavy atom. The Morgan fingerprint density at radius 2 is 1.91 bits per heavy atom. The Morgan fingerprint density at radius 1 is 1.17 bits per heavy atom. The van der Waals surface area contributed by atoms with Crippen LogP contribution in [0.25, 0.3) is 0 Å². The van der Waals surface area contributed by atoms with Crippen molar-refractivity contribution in [3.05, 3.63) is 71.3 Å². The number of cyclic esters (lactones) is 1. The van der Waals surface area contributed by atoms with Gasteiger partial charge in [-0.3, -0.25) is 9.69 Å². The molecule has 4 heteroatoms. The summed E-state index contributed by atoms with van der Waals surface area (Å²) in [5.74, 6) is -0.148. The first-order valence-corrected chi connectivity index (χ1v) is 7.69. The summed E-state index contributed by atoms with van der Waals surface area (Å²) in [6.45, 7) is 4.15. The minimum Gasteiger partial charge on any atom is -0.436 e. The van der Waals surface area contributed by atoms with Gasteiger partial charge in [0.15, 0.2) is 6.10 Å². The number of Topliss-reactive ketones (excluding diaryl/α,β-unsaturated/α-hetero) is 1. The molecule has 0 N–H and O–H groups in total. The van der Waals surface area contributed by atoms with Gasteiger partial charge in [-0.25, -0.2) is 4.79 Å². The molecule has 1 fully saturated rings. The molecule has 0 saturated carbocycles. The number of rotatable bonds is 4. The Kier molecular flexibility index (Phi) is 4.15. The van der Waals surface area contributed by atoms with Gasteiger partial charge in [-0.15, -0.1) is 0 Å². The fourth-order valence-corrected chi connectivity index (χ4v) is 2.83. The summed E-state index contributed by atoms with van der Waals surface area (Å²) in [6.07, 6.45) is -1.18. The smallest absolute Gasteiger partial charge is 0.411 e. The molecule has 3 rings (SSSR count). The number of carbonyl (C=O) groups excluding carboxylic acids is 2. The van der Waals surface area contributed by atoms with E-state index in [9.17, 15) is 9.59 Å². The molecule has 1 saturated heterocycles. The van der Waals surface area contributed by atoms with Crippen molar-refractivity contribution in [2.75, 3.05) is 6.54 Å². The largest absolute Gasteiger partial charge is 0.436 e. The summed E-state index contributed by atoms with van der Waals surface area (Å²) in [6, 6.07) is 16.9. The molecule has 0 unspecified atom stereocenters. The molecule has 2 aromatic rings. The van der Waals surface area contributed by atoms with Crippen molar-refractivity contribution in [1.82, 2.24) is 4.90 Å². The third-order valence-corrected chi connectivity index (χ3v) is 4.18. The van der Waals surface area contributed by atoms with Gasteiger partial charge in [-0.2, -0.15) is 0 Å². The van der Waals surface area contributed by atoms with Gasteiger partial charge < -0.3 is 4.74 Å². The van der Waals surface area contributed by atoms with Gasteiger partial charge in [-0.05, 0) is 25.5 Å². The summed E-state index contributed by atoms with van der Waals surface area (Å²) in [4.78, 5) is 26.3. The van der Waals surface area contributed by atoms with Crippen LogP contribution in [0.5, 0.6) is 0 Å². The molecule has 1 aliphatic heterocycles. The van der Waals surface area contributed by atoms with E-state index < -0.39 is 12.2 Å². The predicted molar refractivity (Wildman–Crippen MR) is 87.3 cm³/mol. The van der Waals surface area contributed by atoms with Gasteiger partial charge in [0.2, 0.25) is 5.78 Å². The standard InChI is InChI=1S/C19H19NO3/c1-13-7-6-10-16(11-13)18(21)17-12-20(19(22)23-17)14(2)15-8-4-3-5-9-15/h3-11,14,17H,12H2,1-2H3/t14-,17+/m1/s1. The number of hydrogen-bond donors (Lipinski definition) is 0. The Labute approximate surface area is 135 Å². The lowest BCUT2D eigenvalue weighted by atomic mass is 10.0. The zero-order valence-corrected chi connectivity index (χ0v) is 13.2. The van der Waals surface area contributed by atoms with E-state index >= 15 is 0 Å². The number of carbonyl (C=O) groups is 2. The van der Waals surface area contributed by atoms with Crippen molar-refractivity contribution in [1.29, 1.82) is 0 Å². The van der Waals surface area contributed by atoms with Crippen molar-refractivity contribution < 1.29 is 14.3 Å². The third-order valence-electron chi connectivity index (χ3n) is 4.18. The molecule has 0 aliphatic carbocycles. The average Bonchev–Trinajstić information content (AvgIpc) is 2.96. The fourth-order valence-electron chi connectivity index (χ4n) is 2.83. The Bertz CT molecular complexity index is 726. The van der Waals surface area contributed by atoms with Crippen LogP contribution in [0.1, 0.15) is 34.5 Å². The second kappa shape index (κ2) is 6.24. The highest BCUT2D eigenvalue weighted by Crippen LogP contribution is 2.26. The maximum atomic E-state index is 12.5. The van der Waals surface area contributed by atoms with Crippen molar-refractivity contribution in [3.8, 4) is 0 Å². The summed E-state index contributed by atoms with van der Waals surface area (Å²) >= 11 is 0. The molecule has 0 radical (unpaired) electrons. The lowest BCUT2D eigenvalue weighted by molar-refractivity contribution is 0.0760. The monoisotopic (exact) mass is 309 g/mol. The van der Waals surface area contributed by atoms with E-state index in [1.807, 2.05) is 62.4 Å². The van der Waals surface area contributed by atoms with Crippen LogP contribution in [-0.2, 0) is 4.74 Å². The number of aryl methyl sites for hydroxylation is 1. The number of hydrogen-bond acceptors (Lipinski definition) is 3. The van der Waals surface area contributed by atoms with Gasteiger partial charge in [0.1, 0.15) is 0 Å². The van der Waals surface area contributed by atoms with Gasteiger partial charge in [-0.1, -0.05) is 54.1 Å². The van der Waals surface area contributed by atoms with Crippen LogP contribution in [0.3, 0.4) is 0 Å². The maximum Gasteiger partial charge on any atom is 0.411 e. The van der Waals surface area contributed by atoms with E-state index in [2.05, 4.69) is 0 Å². The first kappa shape index (κ1) is 15.3. The number of amides is 1. The quantitative estimate of drug-likeness (QED) is 0.808. The van der Waals surface area contributed by atoms with Gasteiger partial charge in [0.25, 0.3) is 0 Å². The Balaban J connectivity index is 1.76. The van der Waals surface area contributed by atoms with Gasteiger partial charge >= 0.3 is 6.09 Å². The summed E-state index contributed by atoms with van der Waals surface area (Å²) in [5, 5.41) is 0. The van der Waals surface area contributed by atoms with E-state index in [0.29, 0.717) is 5.56 Å². The van der Waals surface area contributed by atoms with Crippen molar-refractivity contribution in [2.24, 2.45) is 0 Å². The fraction of sp³-hybridized carbons (Fsp3) is 0.263. The van der Waals surface area contributed by atoms with Crippen molar-refractivity contribution >= 4 is 11.9 Å². The predicted octanol–water partition coefficient (Wildman–Crippen LogP) is 3.76. The number of benzene rings is 2. The highest BCUT2D eigenvalue weighted by Gasteiger charge is 2.39. The topological polar surface area (TPSA) is 46.6 Å². The molecule has 1 aliphatic rings. The zero-order chi connectivity index (χ0) is 16.4. The lowest BCUT2D eigenvalue weighted by Crippen LogP contribution is -2.30. The zero-order valence-electron chi connectivity index (χ0n) is 13.2. The van der Waals surface area contributed by atoms with Gasteiger partial charge in [0.05, 0.1) is 12.6 Å². The van der Waals surface area contributed by atoms with E-state index in [1.165, 1.54) is 0 Å². The summed E-state index contributed by atoms with van der Waals surface area (Å²) in [5.41, 5.74) is 2.61. The van der Waals surface area contributed by atoms with E-state index in [-0.39, 0.29) is 18.4 Å². The molecule has 1 amide bonds. The number of nitrogens with zero attached hydrogens (tertiary/aromatic N) is 1. The molecular formula is C19H19NO3. The van der Waals surface area contributed by atoms with Gasteiger partial charge in [0, 0.05) is 5.56 Å². The molecule has 1 heterocycles. The molecule has 23 heavy (non-hydrogen) atoms. The van der Waals surface area contributed by atoms with Crippen LogP contribution in [0, 0.1) is 6.92 Å². The molecule has 0 bridgehead atoms. The maximum absolute atomic E-state index is 12.5. The normalized spacial score (nSPS) is 18.6. The van der Waals surface area contributed by atoms with Crippen LogP contribution in [0.2, 0.25) is 0 Å². The van der Waals surface area contributed by atoms with Crippen LogP contribution in [0.4, 0.5) is 4.79 Å². The highest BCUT2D eigenvalue weighted by molar-refractivity contribution is 6.01. The van der Waals surface area contributed by atoms with Crippen LogP contribution < -0.4 is 0 Å². The molecule has 118 valence electrons. The molecule has 0 aromatic heterocycles. The molecule has 0 spiro atoms. The molecular weight excluding hydrogens is 290 g/mol. The number of ether oxygens (including phenoxy) is 1.